The number of aromatic nitrogens is 1. The molecule has 0 spiro atoms. The van der Waals surface area contributed by atoms with E-state index in [1.54, 1.807) is 6.07 Å². The van der Waals surface area contributed by atoms with E-state index in [0.29, 0.717) is 38.5 Å². The Hall–Kier alpha value is -2.43. The Kier molecular flexibility index (Phi) is 10.1. The van der Waals surface area contributed by atoms with Crippen molar-refractivity contribution in [3.63, 3.8) is 0 Å². The molecule has 2 amide bonds. The number of carbonyl (C=O) groups excluding carboxylic acids is 2. The molecule has 4 heterocycles. The number of aliphatic hydroxyl groups is 1. The van der Waals surface area contributed by atoms with Crippen LogP contribution in [0.15, 0.2) is 36.5 Å². The minimum atomic E-state index is -0.756. The molecular weight excluding hydrogens is 519 g/mol. The Morgan fingerprint density at radius 1 is 1.22 bits per heavy atom. The van der Waals surface area contributed by atoms with E-state index in [9.17, 15) is 14.7 Å². The van der Waals surface area contributed by atoms with Crippen LogP contribution in [0, 0.1) is 0 Å². The Balaban J connectivity index is 0.00000190. The number of aliphatic hydroxyl groups excluding tert-OH is 1. The molecule has 3 aliphatic rings. The van der Waals surface area contributed by atoms with Gasteiger partial charge in [0.05, 0.1) is 43.6 Å². The Morgan fingerprint density at radius 3 is 2.62 bits per heavy atom. The summed E-state index contributed by atoms with van der Waals surface area (Å²) in [6.45, 7) is 4.03. The first kappa shape index (κ1) is 29.1. The van der Waals surface area contributed by atoms with Gasteiger partial charge in [-0.3, -0.25) is 9.59 Å². The molecule has 0 saturated carbocycles. The highest BCUT2D eigenvalue weighted by Gasteiger charge is 2.41. The van der Waals surface area contributed by atoms with Gasteiger partial charge in [-0.25, -0.2) is 4.98 Å². The maximum atomic E-state index is 13.2. The second-order valence-electron chi connectivity index (χ2n) is 9.37. The number of pyridine rings is 1. The summed E-state index contributed by atoms with van der Waals surface area (Å²) < 4.78 is 11.3. The highest BCUT2D eigenvalue weighted by Crippen LogP contribution is 2.31. The van der Waals surface area contributed by atoms with Crippen molar-refractivity contribution in [1.29, 1.82) is 0 Å². The molecule has 3 N–H and O–H groups in total. The molecule has 2 aromatic rings. The topological polar surface area (TPSA) is 113 Å². The van der Waals surface area contributed by atoms with E-state index < -0.39 is 12.0 Å². The van der Waals surface area contributed by atoms with Crippen LogP contribution < -0.4 is 15.4 Å². The molecule has 2 bridgehead atoms. The summed E-state index contributed by atoms with van der Waals surface area (Å²) >= 11 is 0. The number of hydrogen-bond acceptors (Lipinski definition) is 7. The van der Waals surface area contributed by atoms with Crippen molar-refractivity contribution in [2.75, 3.05) is 26.4 Å². The first-order valence-corrected chi connectivity index (χ1v) is 12.3. The third-order valence-electron chi connectivity index (χ3n) is 7.15. The number of hydrogen-bond donors (Lipinski definition) is 3. The van der Waals surface area contributed by atoms with Crippen LogP contribution in [-0.4, -0.2) is 77.4 Å². The van der Waals surface area contributed by atoms with Crippen LogP contribution in [0.2, 0.25) is 0 Å². The molecule has 3 aliphatic heterocycles. The SMILES string of the molecule is CCOc1cc(C(=O)N2C3CCC2COC3)ncc1C(=O)NCC(O)[C@@H]1Cc2ccccc2CN1.Cl.Cl. The Labute approximate surface area is 229 Å². The van der Waals surface area contributed by atoms with Crippen molar-refractivity contribution in [3.8, 4) is 5.75 Å². The molecule has 37 heavy (non-hydrogen) atoms. The van der Waals surface area contributed by atoms with Gasteiger partial charge < -0.3 is 30.1 Å². The summed E-state index contributed by atoms with van der Waals surface area (Å²) in [5, 5.41) is 16.8. The molecule has 3 unspecified atom stereocenters. The van der Waals surface area contributed by atoms with Gasteiger partial charge in [-0.05, 0) is 37.3 Å². The summed E-state index contributed by atoms with van der Waals surface area (Å²) in [4.78, 5) is 32.3. The lowest BCUT2D eigenvalue weighted by Gasteiger charge is -2.34. The summed E-state index contributed by atoms with van der Waals surface area (Å²) in [6.07, 6.45) is 3.18. The van der Waals surface area contributed by atoms with Crippen LogP contribution in [0.3, 0.4) is 0 Å². The van der Waals surface area contributed by atoms with Crippen molar-refractivity contribution in [2.24, 2.45) is 0 Å². The lowest BCUT2D eigenvalue weighted by Crippen LogP contribution is -2.49. The summed E-state index contributed by atoms with van der Waals surface area (Å²) in [5.74, 6) is -0.252. The van der Waals surface area contributed by atoms with Crippen molar-refractivity contribution >= 4 is 36.6 Å². The fraction of sp³-hybridized carbons (Fsp3) is 0.500. The number of morpholine rings is 1. The van der Waals surface area contributed by atoms with Crippen LogP contribution in [0.1, 0.15) is 51.7 Å². The molecule has 202 valence electrons. The number of carbonyl (C=O) groups is 2. The number of nitrogens with zero attached hydrogens (tertiary/aromatic N) is 2. The van der Waals surface area contributed by atoms with Crippen LogP contribution in [0.5, 0.6) is 5.75 Å². The molecule has 4 atom stereocenters. The largest absolute Gasteiger partial charge is 0.493 e. The van der Waals surface area contributed by atoms with Crippen LogP contribution >= 0.6 is 24.8 Å². The van der Waals surface area contributed by atoms with Gasteiger partial charge in [0.25, 0.3) is 11.8 Å². The summed E-state index contributed by atoms with van der Waals surface area (Å²) in [6, 6.07) is 9.69. The van der Waals surface area contributed by atoms with Crippen LogP contribution in [-0.2, 0) is 17.7 Å². The van der Waals surface area contributed by atoms with Gasteiger partial charge in [-0.15, -0.1) is 24.8 Å². The van der Waals surface area contributed by atoms with E-state index in [1.807, 2.05) is 24.0 Å². The number of halogens is 2. The summed E-state index contributed by atoms with van der Waals surface area (Å²) in [7, 11) is 0. The highest BCUT2D eigenvalue weighted by molar-refractivity contribution is 5.99. The molecule has 2 fully saturated rings. The van der Waals surface area contributed by atoms with E-state index in [1.165, 1.54) is 17.3 Å². The lowest BCUT2D eigenvalue weighted by atomic mass is 9.93. The van der Waals surface area contributed by atoms with Gasteiger partial charge in [-0.2, -0.15) is 0 Å². The van der Waals surface area contributed by atoms with E-state index in [-0.39, 0.29) is 66.6 Å². The van der Waals surface area contributed by atoms with E-state index in [2.05, 4.69) is 27.8 Å². The molecule has 0 aliphatic carbocycles. The van der Waals surface area contributed by atoms with Crippen molar-refractivity contribution in [2.45, 2.75) is 57.0 Å². The third kappa shape index (κ3) is 6.18. The average Bonchev–Trinajstić information content (AvgIpc) is 3.14. The van der Waals surface area contributed by atoms with Crippen molar-refractivity contribution < 1.29 is 24.2 Å². The zero-order valence-electron chi connectivity index (χ0n) is 20.7. The summed E-state index contributed by atoms with van der Waals surface area (Å²) in [5.41, 5.74) is 2.93. The first-order valence-electron chi connectivity index (χ1n) is 12.3. The number of amides is 2. The second kappa shape index (κ2) is 12.9. The quantitative estimate of drug-likeness (QED) is 0.482. The molecule has 2 saturated heterocycles. The standard InChI is InChI=1S/C26H32N4O5.2ClH/c1-2-35-24-10-22(26(33)30-18-7-8-19(30)15-34-14-18)28-12-20(24)25(32)29-13-23(31)21-9-16-5-3-4-6-17(16)11-27-21;;/h3-6,10,12,18-19,21,23,27,31H,2,7-9,11,13-15H2,1H3,(H,29,32);2*1H/t18?,19?,21-,23?;;/m0../s1. The normalized spacial score (nSPS) is 22.6. The van der Waals surface area contributed by atoms with Crippen molar-refractivity contribution in [3.05, 3.63) is 58.9 Å². The second-order valence-corrected chi connectivity index (χ2v) is 9.37. The van der Waals surface area contributed by atoms with E-state index in [4.69, 9.17) is 9.47 Å². The maximum absolute atomic E-state index is 13.2. The zero-order chi connectivity index (χ0) is 24.4. The molecular formula is C26H34Cl2N4O5. The van der Waals surface area contributed by atoms with E-state index >= 15 is 0 Å². The van der Waals surface area contributed by atoms with Crippen LogP contribution in [0.4, 0.5) is 0 Å². The van der Waals surface area contributed by atoms with Gasteiger partial charge in [0.15, 0.2) is 0 Å². The maximum Gasteiger partial charge on any atom is 0.273 e. The number of nitrogens with one attached hydrogen (secondary N) is 2. The molecule has 1 aromatic heterocycles. The molecule has 11 heteroatoms. The molecule has 0 radical (unpaired) electrons. The van der Waals surface area contributed by atoms with Gasteiger partial charge in [0.1, 0.15) is 11.4 Å². The van der Waals surface area contributed by atoms with Gasteiger partial charge in [-0.1, -0.05) is 24.3 Å². The predicted molar refractivity (Wildman–Crippen MR) is 143 cm³/mol. The van der Waals surface area contributed by atoms with E-state index in [0.717, 1.165) is 12.8 Å². The molecule has 1 aromatic carbocycles. The van der Waals surface area contributed by atoms with Gasteiger partial charge >= 0.3 is 0 Å². The number of rotatable bonds is 7. The monoisotopic (exact) mass is 552 g/mol. The third-order valence-corrected chi connectivity index (χ3v) is 7.15. The zero-order valence-corrected chi connectivity index (χ0v) is 22.4. The highest BCUT2D eigenvalue weighted by atomic mass is 35.5. The van der Waals surface area contributed by atoms with Crippen molar-refractivity contribution in [1.82, 2.24) is 20.5 Å². The molecule has 5 rings (SSSR count). The Bertz CT molecular complexity index is 1090. The number of benzene rings is 1. The molecule has 9 nitrogen and oxygen atoms in total. The van der Waals surface area contributed by atoms with Gasteiger partial charge in [0, 0.05) is 31.4 Å². The van der Waals surface area contributed by atoms with Crippen LogP contribution in [0.25, 0.3) is 0 Å². The number of fused-ring (bicyclic) bond motifs is 3. The minimum Gasteiger partial charge on any atom is -0.493 e. The fourth-order valence-corrected chi connectivity index (χ4v) is 5.28. The smallest absolute Gasteiger partial charge is 0.273 e. The predicted octanol–water partition coefficient (Wildman–Crippen LogP) is 2.13. The first-order chi connectivity index (χ1) is 17.0. The number of ether oxygens (including phenoxy) is 2. The minimum absolute atomic E-state index is 0. The fourth-order valence-electron chi connectivity index (χ4n) is 5.28. The Morgan fingerprint density at radius 2 is 1.92 bits per heavy atom. The average molecular weight is 553 g/mol. The van der Waals surface area contributed by atoms with Gasteiger partial charge in [0.2, 0.25) is 0 Å². The lowest BCUT2D eigenvalue weighted by molar-refractivity contribution is -0.00748.